The van der Waals surface area contributed by atoms with Crippen molar-refractivity contribution >= 4 is 24.0 Å². The summed E-state index contributed by atoms with van der Waals surface area (Å²) in [5.74, 6) is -1.82. The van der Waals surface area contributed by atoms with Gasteiger partial charge in [0.2, 0.25) is 5.91 Å². The Morgan fingerprint density at radius 2 is 2.00 bits per heavy atom. The average Bonchev–Trinajstić information content (AvgIpc) is 3.26. The Morgan fingerprint density at radius 1 is 1.31 bits per heavy atom. The molecule has 3 rings (SSSR count). The number of amides is 1. The monoisotopic (exact) mass is 381 g/mol. The van der Waals surface area contributed by atoms with Gasteiger partial charge in [0.1, 0.15) is 11.7 Å². The summed E-state index contributed by atoms with van der Waals surface area (Å²) in [6.45, 7) is 0.937. The smallest absolute Gasteiger partial charge is 0.240 e. The van der Waals surface area contributed by atoms with Gasteiger partial charge in [-0.15, -0.1) is 12.4 Å². The molecule has 2 fully saturated rings. The van der Waals surface area contributed by atoms with Gasteiger partial charge in [-0.25, -0.2) is 8.78 Å². The first-order valence-electron chi connectivity index (χ1n) is 8.12. The SMILES string of the molecule is Cl.N#Cc1cc(F)c(N[C@@H]2CN[C@H](C(=O)N3CCC[C@H]3C#N)C2)c(F)c1. The molecule has 2 heterocycles. The second-order valence-corrected chi connectivity index (χ2v) is 6.28. The van der Waals surface area contributed by atoms with Crippen LogP contribution in [0.3, 0.4) is 0 Å². The van der Waals surface area contributed by atoms with Crippen LogP contribution in [0.1, 0.15) is 24.8 Å². The number of rotatable bonds is 3. The van der Waals surface area contributed by atoms with E-state index in [-0.39, 0.29) is 35.6 Å². The summed E-state index contributed by atoms with van der Waals surface area (Å²) >= 11 is 0. The van der Waals surface area contributed by atoms with Crippen LogP contribution in [0.25, 0.3) is 0 Å². The molecule has 2 aliphatic heterocycles. The van der Waals surface area contributed by atoms with Gasteiger partial charge in [0.05, 0.1) is 23.7 Å². The largest absolute Gasteiger partial charge is 0.376 e. The average molecular weight is 382 g/mol. The van der Waals surface area contributed by atoms with E-state index in [2.05, 4.69) is 16.7 Å². The molecule has 0 aromatic heterocycles. The normalized spacial score (nSPS) is 24.5. The third-order valence-corrected chi connectivity index (χ3v) is 4.63. The lowest BCUT2D eigenvalue weighted by molar-refractivity contribution is -0.133. The van der Waals surface area contributed by atoms with Crippen LogP contribution in [0.2, 0.25) is 0 Å². The number of benzene rings is 1. The van der Waals surface area contributed by atoms with Crippen LogP contribution in [0, 0.1) is 34.3 Å². The van der Waals surface area contributed by atoms with Crippen molar-refractivity contribution in [3.8, 4) is 12.1 Å². The zero-order valence-electron chi connectivity index (χ0n) is 13.8. The second kappa shape index (κ2) is 8.31. The lowest BCUT2D eigenvalue weighted by atomic mass is 10.1. The van der Waals surface area contributed by atoms with Crippen molar-refractivity contribution in [2.75, 3.05) is 18.4 Å². The van der Waals surface area contributed by atoms with E-state index in [0.717, 1.165) is 18.6 Å². The number of nitrogens with zero attached hydrogens (tertiary/aromatic N) is 3. The molecule has 26 heavy (non-hydrogen) atoms. The van der Waals surface area contributed by atoms with Gasteiger partial charge >= 0.3 is 0 Å². The molecule has 2 N–H and O–H groups in total. The quantitative estimate of drug-likeness (QED) is 0.834. The van der Waals surface area contributed by atoms with Crippen LogP contribution >= 0.6 is 12.4 Å². The Kier molecular flexibility index (Phi) is 6.36. The summed E-state index contributed by atoms with van der Waals surface area (Å²) in [5.41, 5.74) is -0.385. The first-order chi connectivity index (χ1) is 12.0. The predicted molar refractivity (Wildman–Crippen MR) is 92.5 cm³/mol. The fraction of sp³-hybridized carbons (Fsp3) is 0.471. The fourth-order valence-corrected chi connectivity index (χ4v) is 3.38. The summed E-state index contributed by atoms with van der Waals surface area (Å²) in [6, 6.07) is 4.57. The van der Waals surface area contributed by atoms with E-state index in [0.29, 0.717) is 25.9 Å². The van der Waals surface area contributed by atoms with Crippen LogP contribution in [0.5, 0.6) is 0 Å². The molecule has 1 aromatic carbocycles. The summed E-state index contributed by atoms with van der Waals surface area (Å²) in [5, 5.41) is 23.6. The second-order valence-electron chi connectivity index (χ2n) is 6.28. The number of carbonyl (C=O) groups excluding carboxylic acids is 1. The lowest BCUT2D eigenvalue weighted by Crippen LogP contribution is -2.45. The van der Waals surface area contributed by atoms with Gasteiger partial charge in [0.25, 0.3) is 0 Å². The summed E-state index contributed by atoms with van der Waals surface area (Å²) in [7, 11) is 0. The van der Waals surface area contributed by atoms with Crippen LogP contribution in [-0.2, 0) is 4.79 Å². The maximum atomic E-state index is 14.0. The lowest BCUT2D eigenvalue weighted by Gasteiger charge is -2.23. The predicted octanol–water partition coefficient (Wildman–Crippen LogP) is 1.92. The van der Waals surface area contributed by atoms with E-state index in [1.807, 2.05) is 0 Å². The minimum absolute atomic E-state index is 0. The first kappa shape index (κ1) is 19.9. The number of hydrogen-bond donors (Lipinski definition) is 2. The maximum absolute atomic E-state index is 14.0. The molecule has 0 radical (unpaired) electrons. The molecule has 0 saturated carbocycles. The van der Waals surface area contributed by atoms with Crippen LogP contribution < -0.4 is 10.6 Å². The molecule has 6 nitrogen and oxygen atoms in total. The minimum atomic E-state index is -0.838. The van der Waals surface area contributed by atoms with E-state index in [1.165, 1.54) is 0 Å². The Hall–Kier alpha value is -2.42. The standard InChI is InChI=1S/C17H17F2N5O.ClH/c18-13-4-10(7-20)5-14(19)16(13)23-11-6-15(22-9-11)17(25)24-3-1-2-12(24)8-21;/h4-5,11-12,15,22-23H,1-3,6,9H2;1H/t11-,12-,15-;/m0./s1. The number of nitrogens with one attached hydrogen (secondary N) is 2. The fourth-order valence-electron chi connectivity index (χ4n) is 3.38. The Balaban J connectivity index is 0.00000243. The van der Waals surface area contributed by atoms with E-state index in [4.69, 9.17) is 10.5 Å². The Bertz CT molecular complexity index is 752. The third-order valence-electron chi connectivity index (χ3n) is 4.63. The molecule has 3 atom stereocenters. The van der Waals surface area contributed by atoms with Crippen molar-refractivity contribution < 1.29 is 13.6 Å². The Morgan fingerprint density at radius 3 is 2.62 bits per heavy atom. The molecule has 1 amide bonds. The van der Waals surface area contributed by atoms with Crippen molar-refractivity contribution in [1.29, 1.82) is 10.5 Å². The number of halogens is 3. The molecule has 0 spiro atoms. The van der Waals surface area contributed by atoms with Crippen molar-refractivity contribution in [3.05, 3.63) is 29.3 Å². The van der Waals surface area contributed by atoms with Gasteiger partial charge < -0.3 is 15.5 Å². The van der Waals surface area contributed by atoms with Gasteiger partial charge in [-0.05, 0) is 31.4 Å². The summed E-state index contributed by atoms with van der Waals surface area (Å²) in [6.07, 6.45) is 1.85. The highest BCUT2D eigenvalue weighted by atomic mass is 35.5. The molecule has 0 bridgehead atoms. The number of nitriles is 2. The number of hydrogen-bond acceptors (Lipinski definition) is 5. The van der Waals surface area contributed by atoms with Crippen LogP contribution in [-0.4, -0.2) is 42.0 Å². The van der Waals surface area contributed by atoms with Crippen molar-refractivity contribution in [2.45, 2.75) is 37.4 Å². The van der Waals surface area contributed by atoms with E-state index < -0.39 is 23.7 Å². The molecule has 0 aliphatic carbocycles. The first-order valence-corrected chi connectivity index (χ1v) is 8.12. The number of anilines is 1. The zero-order chi connectivity index (χ0) is 18.0. The number of carbonyl (C=O) groups is 1. The summed E-state index contributed by atoms with van der Waals surface area (Å²) in [4.78, 5) is 14.1. The highest BCUT2D eigenvalue weighted by molar-refractivity contribution is 5.85. The van der Waals surface area contributed by atoms with Crippen LogP contribution in [0.4, 0.5) is 14.5 Å². The molecular formula is C17H18ClF2N5O. The van der Waals surface area contributed by atoms with E-state index in [1.54, 1.807) is 11.0 Å². The minimum Gasteiger partial charge on any atom is -0.376 e. The molecule has 2 saturated heterocycles. The topological polar surface area (TPSA) is 91.9 Å². The number of likely N-dealkylation sites (tertiary alicyclic amines) is 1. The molecule has 138 valence electrons. The Labute approximate surface area is 156 Å². The van der Waals surface area contributed by atoms with Gasteiger partial charge in [-0.2, -0.15) is 10.5 Å². The van der Waals surface area contributed by atoms with Gasteiger partial charge in [0, 0.05) is 19.1 Å². The van der Waals surface area contributed by atoms with Crippen molar-refractivity contribution in [3.63, 3.8) is 0 Å². The molecule has 1 aromatic rings. The molecule has 0 unspecified atom stereocenters. The highest BCUT2D eigenvalue weighted by Crippen LogP contribution is 2.25. The maximum Gasteiger partial charge on any atom is 0.240 e. The van der Waals surface area contributed by atoms with Crippen molar-refractivity contribution in [2.24, 2.45) is 0 Å². The van der Waals surface area contributed by atoms with Gasteiger partial charge in [-0.1, -0.05) is 0 Å². The molecule has 9 heteroatoms. The van der Waals surface area contributed by atoms with Crippen molar-refractivity contribution in [1.82, 2.24) is 10.2 Å². The summed E-state index contributed by atoms with van der Waals surface area (Å²) < 4.78 is 27.9. The molecule has 2 aliphatic rings. The molecular weight excluding hydrogens is 364 g/mol. The van der Waals surface area contributed by atoms with Gasteiger partial charge in [-0.3, -0.25) is 4.79 Å². The highest BCUT2D eigenvalue weighted by Gasteiger charge is 2.37. The third kappa shape index (κ3) is 3.87. The zero-order valence-corrected chi connectivity index (χ0v) is 14.7. The van der Waals surface area contributed by atoms with E-state index in [9.17, 15) is 13.6 Å². The van der Waals surface area contributed by atoms with Gasteiger partial charge in [0.15, 0.2) is 11.6 Å². The van der Waals surface area contributed by atoms with Crippen LogP contribution in [0.15, 0.2) is 12.1 Å². The van der Waals surface area contributed by atoms with E-state index >= 15 is 0 Å².